The molecule has 2 aromatic carbocycles. The van der Waals surface area contributed by atoms with E-state index in [2.05, 4.69) is 15.3 Å². The molecule has 1 aliphatic rings. The van der Waals surface area contributed by atoms with E-state index in [1.807, 2.05) is 85.5 Å². The first-order chi connectivity index (χ1) is 15.1. The van der Waals surface area contributed by atoms with Gasteiger partial charge in [-0.1, -0.05) is 60.7 Å². The molecule has 1 aromatic heterocycles. The van der Waals surface area contributed by atoms with Gasteiger partial charge in [0.1, 0.15) is 11.9 Å². The SMILES string of the molecule is Cc1cc(OC2CCCN(C(=O)NC(c3ccccc3)c3ccccc3)C2)nc(C)n1. The number of amides is 2. The zero-order valence-electron chi connectivity index (χ0n) is 18.0. The number of carbonyl (C=O) groups is 1. The summed E-state index contributed by atoms with van der Waals surface area (Å²) in [5.74, 6) is 1.26. The third kappa shape index (κ3) is 5.40. The summed E-state index contributed by atoms with van der Waals surface area (Å²) < 4.78 is 6.10. The van der Waals surface area contributed by atoms with Crippen molar-refractivity contribution in [1.82, 2.24) is 20.2 Å². The van der Waals surface area contributed by atoms with Gasteiger partial charge in [0.15, 0.2) is 0 Å². The fourth-order valence-electron chi connectivity index (χ4n) is 4.00. The number of urea groups is 1. The second-order valence-corrected chi connectivity index (χ2v) is 7.93. The number of hydrogen-bond acceptors (Lipinski definition) is 4. The Morgan fingerprint density at radius 1 is 1.03 bits per heavy atom. The Labute approximate surface area is 183 Å². The molecule has 4 rings (SSSR count). The van der Waals surface area contributed by atoms with Gasteiger partial charge in [-0.25, -0.2) is 9.78 Å². The molecular formula is C25H28N4O2. The van der Waals surface area contributed by atoms with Crippen molar-refractivity contribution in [2.45, 2.75) is 38.8 Å². The molecule has 2 amide bonds. The molecule has 1 aliphatic heterocycles. The highest BCUT2D eigenvalue weighted by Crippen LogP contribution is 2.23. The summed E-state index contributed by atoms with van der Waals surface area (Å²) in [5, 5.41) is 3.23. The van der Waals surface area contributed by atoms with Crippen LogP contribution in [0, 0.1) is 13.8 Å². The molecule has 160 valence electrons. The lowest BCUT2D eigenvalue weighted by Gasteiger charge is -2.34. The number of likely N-dealkylation sites (tertiary alicyclic amines) is 1. The quantitative estimate of drug-likeness (QED) is 0.668. The van der Waals surface area contributed by atoms with Crippen LogP contribution >= 0.6 is 0 Å². The Balaban J connectivity index is 1.46. The van der Waals surface area contributed by atoms with Crippen LogP contribution in [0.1, 0.15) is 41.5 Å². The molecular weight excluding hydrogens is 388 g/mol. The summed E-state index contributed by atoms with van der Waals surface area (Å²) >= 11 is 0. The molecule has 6 nitrogen and oxygen atoms in total. The van der Waals surface area contributed by atoms with Gasteiger partial charge in [-0.15, -0.1) is 0 Å². The number of benzene rings is 2. The number of carbonyl (C=O) groups excluding carboxylic acids is 1. The van der Waals surface area contributed by atoms with Crippen molar-refractivity contribution in [3.63, 3.8) is 0 Å². The molecule has 31 heavy (non-hydrogen) atoms. The van der Waals surface area contributed by atoms with Crippen molar-refractivity contribution in [3.05, 3.63) is 89.4 Å². The summed E-state index contributed by atoms with van der Waals surface area (Å²) in [6.07, 6.45) is 1.70. The van der Waals surface area contributed by atoms with Crippen molar-refractivity contribution in [3.8, 4) is 5.88 Å². The van der Waals surface area contributed by atoms with Crippen LogP contribution in [-0.2, 0) is 0 Å². The maximum Gasteiger partial charge on any atom is 0.318 e. The van der Waals surface area contributed by atoms with Gasteiger partial charge in [0.2, 0.25) is 5.88 Å². The van der Waals surface area contributed by atoms with Crippen LogP contribution in [0.2, 0.25) is 0 Å². The highest BCUT2D eigenvalue weighted by atomic mass is 16.5. The van der Waals surface area contributed by atoms with Gasteiger partial charge in [0.25, 0.3) is 0 Å². The number of hydrogen-bond donors (Lipinski definition) is 1. The lowest BCUT2D eigenvalue weighted by Crippen LogP contribution is -2.49. The van der Waals surface area contributed by atoms with Gasteiger partial charge in [0.05, 0.1) is 12.6 Å². The zero-order chi connectivity index (χ0) is 21.6. The second kappa shape index (κ2) is 9.60. The van der Waals surface area contributed by atoms with Crippen LogP contribution in [0.15, 0.2) is 66.7 Å². The van der Waals surface area contributed by atoms with E-state index in [9.17, 15) is 4.79 Å². The third-order valence-corrected chi connectivity index (χ3v) is 5.43. The van der Waals surface area contributed by atoms with E-state index in [1.54, 1.807) is 0 Å². The highest BCUT2D eigenvalue weighted by molar-refractivity contribution is 5.75. The lowest BCUT2D eigenvalue weighted by atomic mass is 9.99. The number of nitrogens with one attached hydrogen (secondary N) is 1. The van der Waals surface area contributed by atoms with Crippen molar-refractivity contribution in [1.29, 1.82) is 0 Å². The van der Waals surface area contributed by atoms with Gasteiger partial charge >= 0.3 is 6.03 Å². The summed E-state index contributed by atoms with van der Waals surface area (Å²) in [6.45, 7) is 5.03. The number of aromatic nitrogens is 2. The van der Waals surface area contributed by atoms with E-state index in [1.165, 1.54) is 0 Å². The summed E-state index contributed by atoms with van der Waals surface area (Å²) in [6, 6.07) is 21.7. The number of piperidine rings is 1. The zero-order valence-corrected chi connectivity index (χ0v) is 18.0. The molecule has 0 radical (unpaired) electrons. The fraction of sp³-hybridized carbons (Fsp3) is 0.320. The minimum absolute atomic E-state index is 0.0824. The van der Waals surface area contributed by atoms with Crippen LogP contribution < -0.4 is 10.1 Å². The van der Waals surface area contributed by atoms with E-state index in [4.69, 9.17) is 4.74 Å². The molecule has 2 heterocycles. The lowest BCUT2D eigenvalue weighted by molar-refractivity contribution is 0.0968. The molecule has 0 saturated carbocycles. The Morgan fingerprint density at radius 3 is 2.29 bits per heavy atom. The monoisotopic (exact) mass is 416 g/mol. The van der Waals surface area contributed by atoms with Crippen molar-refractivity contribution in [2.24, 2.45) is 0 Å². The molecule has 1 unspecified atom stereocenters. The van der Waals surface area contributed by atoms with Gasteiger partial charge in [-0.05, 0) is 37.8 Å². The molecule has 1 fully saturated rings. The smallest absolute Gasteiger partial charge is 0.318 e. The highest BCUT2D eigenvalue weighted by Gasteiger charge is 2.27. The van der Waals surface area contributed by atoms with Crippen molar-refractivity contribution < 1.29 is 9.53 Å². The molecule has 6 heteroatoms. The summed E-state index contributed by atoms with van der Waals surface area (Å²) in [4.78, 5) is 23.7. The van der Waals surface area contributed by atoms with Gasteiger partial charge in [0, 0.05) is 18.3 Å². The first-order valence-electron chi connectivity index (χ1n) is 10.7. The van der Waals surface area contributed by atoms with Crippen LogP contribution in [0.4, 0.5) is 4.79 Å². The Bertz CT molecular complexity index is 951. The van der Waals surface area contributed by atoms with E-state index in [0.717, 1.165) is 29.7 Å². The molecule has 0 spiro atoms. The predicted molar refractivity (Wildman–Crippen MR) is 120 cm³/mol. The van der Waals surface area contributed by atoms with Crippen LogP contribution in [0.25, 0.3) is 0 Å². The Morgan fingerprint density at radius 2 is 1.68 bits per heavy atom. The summed E-state index contributed by atoms with van der Waals surface area (Å²) in [5.41, 5.74) is 2.99. The van der Waals surface area contributed by atoms with E-state index in [-0.39, 0.29) is 18.2 Å². The predicted octanol–water partition coefficient (Wildman–Crippen LogP) is 4.44. The Kier molecular flexibility index (Phi) is 6.46. The van der Waals surface area contributed by atoms with Gasteiger partial charge in [-0.2, -0.15) is 4.98 Å². The van der Waals surface area contributed by atoms with Crippen molar-refractivity contribution in [2.75, 3.05) is 13.1 Å². The molecule has 0 bridgehead atoms. The average molecular weight is 417 g/mol. The molecule has 1 saturated heterocycles. The van der Waals surface area contributed by atoms with Crippen LogP contribution in [-0.4, -0.2) is 40.1 Å². The third-order valence-electron chi connectivity index (χ3n) is 5.43. The van der Waals surface area contributed by atoms with Crippen LogP contribution in [0.5, 0.6) is 5.88 Å². The topological polar surface area (TPSA) is 67.3 Å². The van der Waals surface area contributed by atoms with E-state index < -0.39 is 0 Å². The van der Waals surface area contributed by atoms with Gasteiger partial charge in [-0.3, -0.25) is 0 Å². The minimum Gasteiger partial charge on any atom is -0.472 e. The number of ether oxygens (including phenoxy) is 1. The van der Waals surface area contributed by atoms with Gasteiger partial charge < -0.3 is 15.0 Å². The fourth-order valence-corrected chi connectivity index (χ4v) is 4.00. The summed E-state index contributed by atoms with van der Waals surface area (Å²) in [7, 11) is 0. The first-order valence-corrected chi connectivity index (χ1v) is 10.7. The number of rotatable bonds is 5. The molecule has 1 atom stereocenters. The van der Waals surface area contributed by atoms with Crippen LogP contribution in [0.3, 0.4) is 0 Å². The largest absolute Gasteiger partial charge is 0.472 e. The molecule has 0 aliphatic carbocycles. The maximum atomic E-state index is 13.2. The molecule has 1 N–H and O–H groups in total. The Hall–Kier alpha value is -3.41. The van der Waals surface area contributed by atoms with E-state index >= 15 is 0 Å². The first kappa shape index (κ1) is 20.8. The maximum absolute atomic E-state index is 13.2. The normalized spacial score (nSPS) is 16.2. The second-order valence-electron chi connectivity index (χ2n) is 7.93. The number of aryl methyl sites for hydroxylation is 2. The average Bonchev–Trinajstić information content (AvgIpc) is 2.78. The molecule has 3 aromatic rings. The van der Waals surface area contributed by atoms with E-state index in [0.29, 0.717) is 24.8 Å². The van der Waals surface area contributed by atoms with Crippen molar-refractivity contribution >= 4 is 6.03 Å². The number of nitrogens with zero attached hydrogens (tertiary/aromatic N) is 3. The minimum atomic E-state index is -0.205. The standard InChI is InChI=1S/C25H28N4O2/c1-18-16-23(27-19(2)26-18)31-22-14-9-15-29(17-22)25(30)28-24(20-10-5-3-6-11-20)21-12-7-4-8-13-21/h3-8,10-13,16,22,24H,9,14-15,17H2,1-2H3,(H,28,30).